The molecule has 0 fully saturated rings. The smallest absolute Gasteiger partial charge is 0.261 e. The van der Waals surface area contributed by atoms with Crippen molar-refractivity contribution in [2.75, 3.05) is 13.2 Å². The lowest BCUT2D eigenvalue weighted by atomic mass is 10.1. The minimum absolute atomic E-state index is 0.125. The highest BCUT2D eigenvalue weighted by Crippen LogP contribution is 2.22. The van der Waals surface area contributed by atoms with Crippen molar-refractivity contribution >= 4 is 27.7 Å². The predicted molar refractivity (Wildman–Crippen MR) is 123 cm³/mol. The van der Waals surface area contributed by atoms with Gasteiger partial charge in [-0.2, -0.15) is 0 Å². The summed E-state index contributed by atoms with van der Waals surface area (Å²) in [5, 5.41) is 2.92. The number of aryl methyl sites for hydroxylation is 2. The molecule has 0 aliphatic carbocycles. The first-order chi connectivity index (χ1) is 14.3. The number of benzene rings is 2. The van der Waals surface area contributed by atoms with Crippen LogP contribution in [-0.2, 0) is 16.1 Å². The average Bonchev–Trinajstić information content (AvgIpc) is 2.73. The molecule has 30 heavy (non-hydrogen) atoms. The number of unbranched alkanes of at least 4 members (excludes halogenated alkanes) is 1. The predicted octanol–water partition coefficient (Wildman–Crippen LogP) is 4.78. The van der Waals surface area contributed by atoms with E-state index in [1.165, 1.54) is 0 Å². The molecule has 0 unspecified atom stereocenters. The second-order valence-electron chi connectivity index (χ2n) is 7.53. The second kappa shape index (κ2) is 11.7. The summed E-state index contributed by atoms with van der Waals surface area (Å²) in [4.78, 5) is 27.2. The Hall–Kier alpha value is -2.34. The van der Waals surface area contributed by atoms with Gasteiger partial charge in [-0.25, -0.2) is 0 Å². The van der Waals surface area contributed by atoms with Crippen molar-refractivity contribution in [3.05, 3.63) is 63.6 Å². The maximum Gasteiger partial charge on any atom is 0.261 e. The number of carbonyl (C=O) groups excluding carboxylic acids is 2. The van der Waals surface area contributed by atoms with Crippen LogP contribution in [0.15, 0.2) is 46.9 Å². The molecular weight excluding hydrogens is 444 g/mol. The van der Waals surface area contributed by atoms with Gasteiger partial charge in [-0.1, -0.05) is 59.1 Å². The van der Waals surface area contributed by atoms with E-state index in [9.17, 15) is 9.59 Å². The summed E-state index contributed by atoms with van der Waals surface area (Å²) in [7, 11) is 0. The van der Waals surface area contributed by atoms with Crippen LogP contribution in [0.1, 0.15) is 43.4 Å². The van der Waals surface area contributed by atoms with Crippen LogP contribution < -0.4 is 10.1 Å². The third-order valence-corrected chi connectivity index (χ3v) is 5.85. The Balaban J connectivity index is 2.11. The molecule has 0 saturated carbocycles. The van der Waals surface area contributed by atoms with Gasteiger partial charge in [-0.05, 0) is 56.5 Å². The highest BCUT2D eigenvalue weighted by molar-refractivity contribution is 9.10. The number of hydrogen-bond acceptors (Lipinski definition) is 3. The number of ether oxygens (including phenoxy) is 1. The molecule has 0 aromatic heterocycles. The lowest BCUT2D eigenvalue weighted by Crippen LogP contribution is -2.49. The Bertz CT molecular complexity index is 852. The van der Waals surface area contributed by atoms with Crippen molar-refractivity contribution in [2.24, 2.45) is 0 Å². The maximum absolute atomic E-state index is 13.0. The van der Waals surface area contributed by atoms with Crippen LogP contribution in [0.5, 0.6) is 5.75 Å². The Morgan fingerprint density at radius 2 is 1.83 bits per heavy atom. The lowest BCUT2D eigenvalue weighted by Gasteiger charge is -2.29. The maximum atomic E-state index is 13.0. The van der Waals surface area contributed by atoms with E-state index >= 15 is 0 Å². The van der Waals surface area contributed by atoms with Gasteiger partial charge >= 0.3 is 0 Å². The topological polar surface area (TPSA) is 58.6 Å². The zero-order valence-electron chi connectivity index (χ0n) is 18.2. The van der Waals surface area contributed by atoms with Crippen molar-refractivity contribution in [1.29, 1.82) is 0 Å². The number of amides is 2. The quantitative estimate of drug-likeness (QED) is 0.504. The molecule has 2 amide bonds. The van der Waals surface area contributed by atoms with Gasteiger partial charge in [0.2, 0.25) is 5.91 Å². The number of carbonyl (C=O) groups is 2. The highest BCUT2D eigenvalue weighted by atomic mass is 79.9. The molecule has 2 rings (SSSR count). The van der Waals surface area contributed by atoms with Crippen molar-refractivity contribution in [3.8, 4) is 5.75 Å². The van der Waals surface area contributed by atoms with Gasteiger partial charge in [0.25, 0.3) is 5.91 Å². The van der Waals surface area contributed by atoms with Crippen LogP contribution in [0.2, 0.25) is 0 Å². The normalized spacial score (nSPS) is 11.6. The summed E-state index contributed by atoms with van der Waals surface area (Å²) < 4.78 is 6.71. The molecule has 0 heterocycles. The number of nitrogens with one attached hydrogen (secondary N) is 1. The average molecular weight is 475 g/mol. The zero-order valence-corrected chi connectivity index (χ0v) is 19.8. The van der Waals surface area contributed by atoms with Crippen molar-refractivity contribution in [1.82, 2.24) is 10.2 Å². The summed E-state index contributed by atoms with van der Waals surface area (Å²) in [5.74, 6) is 0.247. The summed E-state index contributed by atoms with van der Waals surface area (Å²) in [6, 6.07) is 13.0. The molecule has 6 heteroatoms. The lowest BCUT2D eigenvalue weighted by molar-refractivity contribution is -0.142. The monoisotopic (exact) mass is 474 g/mol. The van der Waals surface area contributed by atoms with E-state index in [0.29, 0.717) is 18.8 Å². The number of nitrogens with zero attached hydrogens (tertiary/aromatic N) is 1. The molecule has 0 aliphatic rings. The molecule has 5 nitrogen and oxygen atoms in total. The van der Waals surface area contributed by atoms with Crippen LogP contribution in [-0.4, -0.2) is 35.9 Å². The summed E-state index contributed by atoms with van der Waals surface area (Å²) in [6.45, 7) is 8.65. The fraction of sp³-hybridized carbons (Fsp3) is 0.417. The minimum atomic E-state index is -0.592. The third kappa shape index (κ3) is 7.17. The molecule has 1 N–H and O–H groups in total. The molecule has 0 radical (unpaired) electrons. The van der Waals surface area contributed by atoms with E-state index in [4.69, 9.17) is 4.74 Å². The van der Waals surface area contributed by atoms with Gasteiger partial charge in [-0.3, -0.25) is 9.59 Å². The van der Waals surface area contributed by atoms with Crippen LogP contribution >= 0.6 is 15.9 Å². The third-order valence-electron chi connectivity index (χ3n) is 4.96. The van der Waals surface area contributed by atoms with E-state index in [1.807, 2.05) is 56.3 Å². The van der Waals surface area contributed by atoms with Gasteiger partial charge in [0, 0.05) is 17.6 Å². The standard InChI is InChI=1S/C24H31BrN2O3/c1-5-6-13-26-24(29)19(4)27(15-20-9-7-17(2)8-10-20)23(28)16-30-21-11-12-22(25)18(3)14-21/h7-12,14,19H,5-6,13,15-16H2,1-4H3,(H,26,29)/t19-/m0/s1. The largest absolute Gasteiger partial charge is 0.484 e. The summed E-state index contributed by atoms with van der Waals surface area (Å²) >= 11 is 3.46. The SMILES string of the molecule is CCCCNC(=O)[C@H](C)N(Cc1ccc(C)cc1)C(=O)COc1ccc(Br)c(C)c1. The van der Waals surface area contributed by atoms with Crippen molar-refractivity contribution in [2.45, 2.75) is 53.1 Å². The van der Waals surface area contributed by atoms with Crippen LogP contribution in [0.25, 0.3) is 0 Å². The van der Waals surface area contributed by atoms with E-state index < -0.39 is 6.04 Å². The van der Waals surface area contributed by atoms with Gasteiger partial charge < -0.3 is 15.0 Å². The zero-order chi connectivity index (χ0) is 22.1. The molecule has 0 bridgehead atoms. The highest BCUT2D eigenvalue weighted by Gasteiger charge is 2.26. The fourth-order valence-electron chi connectivity index (χ4n) is 2.94. The Labute approximate surface area is 187 Å². The number of hydrogen-bond donors (Lipinski definition) is 1. The van der Waals surface area contributed by atoms with E-state index in [1.54, 1.807) is 11.8 Å². The molecule has 0 saturated heterocycles. The molecule has 0 aliphatic heterocycles. The Morgan fingerprint density at radius 3 is 2.47 bits per heavy atom. The first-order valence-corrected chi connectivity index (χ1v) is 11.1. The molecule has 2 aromatic carbocycles. The fourth-order valence-corrected chi connectivity index (χ4v) is 3.19. The molecule has 2 aromatic rings. The Kier molecular flexibility index (Phi) is 9.37. The molecule has 0 spiro atoms. The summed E-state index contributed by atoms with van der Waals surface area (Å²) in [6.07, 6.45) is 1.91. The van der Waals surface area contributed by atoms with E-state index in [2.05, 4.69) is 28.2 Å². The number of halogens is 1. The molecular formula is C24H31BrN2O3. The van der Waals surface area contributed by atoms with E-state index in [-0.39, 0.29) is 18.4 Å². The first-order valence-electron chi connectivity index (χ1n) is 10.3. The molecule has 1 atom stereocenters. The van der Waals surface area contributed by atoms with Crippen LogP contribution in [0.3, 0.4) is 0 Å². The minimum Gasteiger partial charge on any atom is -0.484 e. The molecule has 162 valence electrons. The van der Waals surface area contributed by atoms with Gasteiger partial charge in [-0.15, -0.1) is 0 Å². The van der Waals surface area contributed by atoms with Crippen LogP contribution in [0, 0.1) is 13.8 Å². The van der Waals surface area contributed by atoms with Gasteiger partial charge in [0.1, 0.15) is 11.8 Å². The van der Waals surface area contributed by atoms with Crippen molar-refractivity contribution in [3.63, 3.8) is 0 Å². The van der Waals surface area contributed by atoms with Crippen LogP contribution in [0.4, 0.5) is 0 Å². The van der Waals surface area contributed by atoms with Gasteiger partial charge in [0.15, 0.2) is 6.61 Å². The van der Waals surface area contributed by atoms with Gasteiger partial charge in [0.05, 0.1) is 0 Å². The first kappa shape index (κ1) is 23.9. The van der Waals surface area contributed by atoms with E-state index in [0.717, 1.165) is 34.0 Å². The second-order valence-corrected chi connectivity index (χ2v) is 8.38. The summed E-state index contributed by atoms with van der Waals surface area (Å²) in [5.41, 5.74) is 3.15. The Morgan fingerprint density at radius 1 is 1.13 bits per heavy atom. The number of rotatable bonds is 10. The van der Waals surface area contributed by atoms with Crippen molar-refractivity contribution < 1.29 is 14.3 Å².